The van der Waals surface area contributed by atoms with Crippen LogP contribution in [0.4, 0.5) is 0 Å². The lowest BCUT2D eigenvalue weighted by molar-refractivity contribution is 0.0687. The van der Waals surface area contributed by atoms with E-state index in [1.807, 2.05) is 24.1 Å². The summed E-state index contributed by atoms with van der Waals surface area (Å²) < 4.78 is 0. The van der Waals surface area contributed by atoms with Crippen LogP contribution in [0.5, 0.6) is 0 Å². The van der Waals surface area contributed by atoms with Crippen molar-refractivity contribution >= 4 is 41.0 Å². The minimum atomic E-state index is -0.00410. The summed E-state index contributed by atoms with van der Waals surface area (Å²) in [5.41, 5.74) is 6.06. The first-order chi connectivity index (χ1) is 10.0. The summed E-state index contributed by atoms with van der Waals surface area (Å²) in [4.78, 5) is 21.4. The van der Waals surface area contributed by atoms with Gasteiger partial charge in [-0.25, -0.2) is 4.98 Å². The van der Waals surface area contributed by atoms with Crippen molar-refractivity contribution in [2.45, 2.75) is 39.8 Å². The predicted octanol–water partition coefficient (Wildman–Crippen LogP) is 3.49. The average molecular weight is 360 g/mol. The highest BCUT2D eigenvalue weighted by Crippen LogP contribution is 2.20. The first kappa shape index (κ1) is 19.1. The fourth-order valence-electron chi connectivity index (χ4n) is 2.02. The molecule has 0 saturated carbocycles. The van der Waals surface area contributed by atoms with Crippen LogP contribution in [0.3, 0.4) is 0 Å². The highest BCUT2D eigenvalue weighted by atomic mass is 35.5. The number of thiophene rings is 1. The Bertz CT molecular complexity index is 609. The number of rotatable bonds is 6. The Morgan fingerprint density at radius 1 is 1.41 bits per heavy atom. The SMILES string of the molecule is Cc1ccc(CN(C(=O)c2csc(CCN)n2)C(C)C)s1.Cl. The predicted molar refractivity (Wildman–Crippen MR) is 96.2 cm³/mol. The molecular weight excluding hydrogens is 338 g/mol. The van der Waals surface area contributed by atoms with Crippen LogP contribution >= 0.6 is 35.1 Å². The number of aromatic nitrogens is 1. The van der Waals surface area contributed by atoms with Crippen molar-refractivity contribution < 1.29 is 4.79 Å². The van der Waals surface area contributed by atoms with E-state index in [2.05, 4.69) is 24.0 Å². The number of carbonyl (C=O) groups is 1. The number of amides is 1. The number of aryl methyl sites for hydroxylation is 1. The molecule has 0 atom stereocenters. The Morgan fingerprint density at radius 2 is 2.14 bits per heavy atom. The van der Waals surface area contributed by atoms with E-state index in [4.69, 9.17) is 5.73 Å². The number of thiazole rings is 1. The number of nitrogens with zero attached hydrogens (tertiary/aromatic N) is 2. The normalized spacial score (nSPS) is 10.6. The molecule has 0 saturated heterocycles. The van der Waals surface area contributed by atoms with Crippen molar-refractivity contribution in [2.75, 3.05) is 6.54 Å². The Hall–Kier alpha value is -0.950. The lowest BCUT2D eigenvalue weighted by Gasteiger charge is -2.25. The first-order valence-electron chi connectivity index (χ1n) is 7.02. The van der Waals surface area contributed by atoms with Gasteiger partial charge >= 0.3 is 0 Å². The fraction of sp³-hybridized carbons (Fsp3) is 0.467. The van der Waals surface area contributed by atoms with E-state index in [0.29, 0.717) is 18.8 Å². The number of halogens is 1. The third kappa shape index (κ3) is 4.78. The maximum atomic E-state index is 12.7. The molecule has 2 N–H and O–H groups in total. The molecule has 0 bridgehead atoms. The number of hydrogen-bond donors (Lipinski definition) is 1. The summed E-state index contributed by atoms with van der Waals surface area (Å²) in [5.74, 6) is -0.00410. The van der Waals surface area contributed by atoms with Gasteiger partial charge in [0.2, 0.25) is 0 Å². The highest BCUT2D eigenvalue weighted by Gasteiger charge is 2.22. The van der Waals surface area contributed by atoms with Crippen LogP contribution in [0.15, 0.2) is 17.5 Å². The fourth-order valence-corrected chi connectivity index (χ4v) is 3.70. The third-order valence-corrected chi connectivity index (χ3v) is 5.03. The first-order valence-corrected chi connectivity index (χ1v) is 8.71. The molecule has 7 heteroatoms. The highest BCUT2D eigenvalue weighted by molar-refractivity contribution is 7.11. The van der Waals surface area contributed by atoms with Crippen LogP contribution in [0.2, 0.25) is 0 Å². The van der Waals surface area contributed by atoms with Crippen LogP contribution < -0.4 is 5.73 Å². The van der Waals surface area contributed by atoms with Gasteiger partial charge in [0.1, 0.15) is 5.69 Å². The average Bonchev–Trinajstić information content (AvgIpc) is 3.05. The van der Waals surface area contributed by atoms with Crippen LogP contribution in [-0.4, -0.2) is 28.4 Å². The summed E-state index contributed by atoms with van der Waals surface area (Å²) in [6.07, 6.45) is 0.726. The van der Waals surface area contributed by atoms with Gasteiger partial charge in [0.05, 0.1) is 11.6 Å². The van der Waals surface area contributed by atoms with Gasteiger partial charge in [0.25, 0.3) is 5.91 Å². The largest absolute Gasteiger partial charge is 0.330 e. The summed E-state index contributed by atoms with van der Waals surface area (Å²) in [6.45, 7) is 7.34. The molecule has 0 spiro atoms. The topological polar surface area (TPSA) is 59.2 Å². The van der Waals surface area contributed by atoms with E-state index in [1.54, 1.807) is 11.3 Å². The van der Waals surface area contributed by atoms with Crippen LogP contribution in [-0.2, 0) is 13.0 Å². The second-order valence-electron chi connectivity index (χ2n) is 5.20. The zero-order valence-corrected chi connectivity index (χ0v) is 15.5. The van der Waals surface area contributed by atoms with E-state index in [-0.39, 0.29) is 24.4 Å². The molecule has 2 aromatic heterocycles. The van der Waals surface area contributed by atoms with E-state index < -0.39 is 0 Å². The van der Waals surface area contributed by atoms with Gasteiger partial charge in [0.15, 0.2) is 0 Å². The van der Waals surface area contributed by atoms with Gasteiger partial charge < -0.3 is 10.6 Å². The minimum absolute atomic E-state index is 0. The smallest absolute Gasteiger partial charge is 0.273 e. The van der Waals surface area contributed by atoms with Gasteiger partial charge in [-0.05, 0) is 39.4 Å². The zero-order chi connectivity index (χ0) is 15.4. The molecule has 2 aromatic rings. The summed E-state index contributed by atoms with van der Waals surface area (Å²) >= 11 is 3.24. The van der Waals surface area contributed by atoms with Gasteiger partial charge in [-0.3, -0.25) is 4.79 Å². The second-order valence-corrected chi connectivity index (χ2v) is 7.52. The molecule has 0 aliphatic rings. The monoisotopic (exact) mass is 359 g/mol. The Labute approximate surface area is 145 Å². The summed E-state index contributed by atoms with van der Waals surface area (Å²) in [7, 11) is 0. The molecule has 122 valence electrons. The van der Waals surface area contributed by atoms with Crippen molar-refractivity contribution in [3.8, 4) is 0 Å². The number of hydrogen-bond acceptors (Lipinski definition) is 5. The molecule has 0 radical (unpaired) electrons. The number of carbonyl (C=O) groups excluding carboxylic acids is 1. The van der Waals surface area contributed by atoms with E-state index in [9.17, 15) is 4.79 Å². The van der Waals surface area contributed by atoms with Gasteiger partial charge in [-0.2, -0.15) is 0 Å². The Balaban J connectivity index is 0.00000242. The van der Waals surface area contributed by atoms with Crippen LogP contribution in [0.25, 0.3) is 0 Å². The Kier molecular flexibility index (Phi) is 7.48. The standard InChI is InChI=1S/C15H21N3OS2.ClH/c1-10(2)18(8-12-5-4-11(3)21-12)15(19)13-9-20-14(17-13)6-7-16;/h4-5,9-10H,6-8,16H2,1-3H3;1H. The maximum Gasteiger partial charge on any atom is 0.273 e. The second kappa shape index (κ2) is 8.62. The minimum Gasteiger partial charge on any atom is -0.330 e. The number of nitrogens with two attached hydrogens (primary N) is 1. The lowest BCUT2D eigenvalue weighted by atomic mass is 10.2. The third-order valence-electron chi connectivity index (χ3n) is 3.14. The molecular formula is C15H22ClN3OS2. The lowest BCUT2D eigenvalue weighted by Crippen LogP contribution is -2.36. The molecule has 0 unspecified atom stereocenters. The van der Waals surface area contributed by atoms with Crippen molar-refractivity contribution in [1.82, 2.24) is 9.88 Å². The molecule has 22 heavy (non-hydrogen) atoms. The molecule has 0 fully saturated rings. The van der Waals surface area contributed by atoms with Crippen LogP contribution in [0, 0.1) is 6.92 Å². The molecule has 0 aromatic carbocycles. The van der Waals surface area contributed by atoms with Gasteiger partial charge in [-0.1, -0.05) is 0 Å². The van der Waals surface area contributed by atoms with Gasteiger partial charge in [0, 0.05) is 27.6 Å². The molecule has 4 nitrogen and oxygen atoms in total. The van der Waals surface area contributed by atoms with Crippen LogP contribution in [0.1, 0.15) is 39.1 Å². The molecule has 1 amide bonds. The Morgan fingerprint density at radius 3 is 2.68 bits per heavy atom. The summed E-state index contributed by atoms with van der Waals surface area (Å²) in [6, 6.07) is 4.31. The van der Waals surface area contributed by atoms with Crippen molar-refractivity contribution in [3.63, 3.8) is 0 Å². The molecule has 0 aliphatic heterocycles. The van der Waals surface area contributed by atoms with Crippen molar-refractivity contribution in [3.05, 3.63) is 38.0 Å². The van der Waals surface area contributed by atoms with Crippen molar-refractivity contribution in [2.24, 2.45) is 5.73 Å². The zero-order valence-electron chi connectivity index (χ0n) is 13.0. The maximum absolute atomic E-state index is 12.7. The van der Waals surface area contributed by atoms with E-state index >= 15 is 0 Å². The molecule has 2 heterocycles. The van der Waals surface area contributed by atoms with Crippen molar-refractivity contribution in [1.29, 1.82) is 0 Å². The quantitative estimate of drug-likeness (QED) is 0.858. The summed E-state index contributed by atoms with van der Waals surface area (Å²) in [5, 5.41) is 2.76. The molecule has 2 rings (SSSR count). The van der Waals surface area contributed by atoms with E-state index in [1.165, 1.54) is 21.1 Å². The molecule has 0 aliphatic carbocycles. The van der Waals surface area contributed by atoms with Gasteiger partial charge in [-0.15, -0.1) is 35.1 Å². The van der Waals surface area contributed by atoms with E-state index in [0.717, 1.165) is 11.4 Å².